The molecule has 2 unspecified atom stereocenters. The maximum absolute atomic E-state index is 14.2. The Morgan fingerprint density at radius 1 is 0.486 bits per heavy atom. The second-order valence-corrected chi connectivity index (χ2v) is 7.39. The highest BCUT2D eigenvalue weighted by Gasteiger charge is 2.96. The van der Waals surface area contributed by atoms with Crippen molar-refractivity contribution in [2.24, 2.45) is 0 Å². The van der Waals surface area contributed by atoms with Gasteiger partial charge in [-0.15, -0.1) is 0 Å². The van der Waals surface area contributed by atoms with Crippen LogP contribution in [0.5, 0.6) is 0 Å². The van der Waals surface area contributed by atoms with E-state index in [1.165, 1.54) is 0 Å². The van der Waals surface area contributed by atoms with E-state index in [4.69, 9.17) is 0 Å². The van der Waals surface area contributed by atoms with Gasteiger partial charge in [0.25, 0.3) is 0 Å². The summed E-state index contributed by atoms with van der Waals surface area (Å²) in [6, 6.07) is 0. The molecule has 210 valence electrons. The minimum atomic E-state index is -8.90. The Morgan fingerprint density at radius 2 is 0.771 bits per heavy atom. The molecule has 0 aromatic carbocycles. The van der Waals surface area contributed by atoms with Crippen LogP contribution in [0.25, 0.3) is 0 Å². The van der Waals surface area contributed by atoms with Crippen LogP contribution in [-0.2, 0) is 4.74 Å². The molecule has 0 spiro atoms. The summed E-state index contributed by atoms with van der Waals surface area (Å²) in [5.74, 6) is -65.2. The molecule has 1 fully saturated rings. The molecule has 0 radical (unpaired) electrons. The van der Waals surface area contributed by atoms with E-state index >= 15 is 0 Å². The number of rotatable bonds is 10. The third-order valence-electron chi connectivity index (χ3n) is 4.85. The quantitative estimate of drug-likeness (QED) is 0.200. The van der Waals surface area contributed by atoms with Crippen LogP contribution in [0.15, 0.2) is 0 Å². The molecule has 1 aliphatic rings. The van der Waals surface area contributed by atoms with Crippen LogP contribution < -0.4 is 0 Å². The molecule has 0 bridgehead atoms. The van der Waals surface area contributed by atoms with Gasteiger partial charge in [0.1, 0.15) is 0 Å². The van der Waals surface area contributed by atoms with Crippen molar-refractivity contribution in [1.29, 1.82) is 0 Å². The molecule has 0 aromatic heterocycles. The number of epoxide rings is 1. The second-order valence-electron chi connectivity index (χ2n) is 7.39. The van der Waals surface area contributed by atoms with Gasteiger partial charge in [0.05, 0.1) is 12.7 Å². The average molecular weight is 572 g/mol. The first-order chi connectivity index (χ1) is 14.8. The fourth-order valence-corrected chi connectivity index (χ4v) is 2.40. The zero-order valence-electron chi connectivity index (χ0n) is 16.0. The van der Waals surface area contributed by atoms with Gasteiger partial charge in [0.2, 0.25) is 5.67 Å². The van der Waals surface area contributed by atoms with E-state index in [1.807, 2.05) is 0 Å². The molecule has 1 rings (SSSR count). The van der Waals surface area contributed by atoms with E-state index in [9.17, 15) is 87.8 Å². The summed E-state index contributed by atoms with van der Waals surface area (Å²) < 4.78 is 269. The number of halogens is 20. The van der Waals surface area contributed by atoms with Crippen LogP contribution >= 0.6 is 0 Å². The highest BCUT2D eigenvalue weighted by Crippen LogP contribution is 2.66. The van der Waals surface area contributed by atoms with Crippen LogP contribution in [0.4, 0.5) is 87.8 Å². The van der Waals surface area contributed by atoms with Crippen LogP contribution in [0.2, 0.25) is 0 Å². The molecule has 1 nitrogen and oxygen atoms in total. The van der Waals surface area contributed by atoms with E-state index in [0.717, 1.165) is 0 Å². The molecule has 1 saturated heterocycles. The van der Waals surface area contributed by atoms with Gasteiger partial charge >= 0.3 is 53.6 Å². The molecule has 0 aliphatic carbocycles. The van der Waals surface area contributed by atoms with E-state index in [2.05, 4.69) is 4.74 Å². The first kappa shape index (κ1) is 31.6. The summed E-state index contributed by atoms with van der Waals surface area (Å²) in [5, 5.41) is 0. The lowest BCUT2D eigenvalue weighted by Gasteiger charge is -2.46. The standard InChI is InChI=1S/C14H8F20O/c1-5(15,7(18,19)6(16,17)2-4-3-35-4)8(20,21)9(22,23)10(24,25)11(26,27)12(28,29)13(30,31)14(32,33)34/h4H,2-3H2,1H3. The Labute approximate surface area is 179 Å². The molecule has 35 heavy (non-hydrogen) atoms. The van der Waals surface area contributed by atoms with Crippen molar-refractivity contribution in [3.05, 3.63) is 0 Å². The minimum Gasteiger partial charge on any atom is -0.373 e. The first-order valence-electron chi connectivity index (χ1n) is 8.22. The van der Waals surface area contributed by atoms with Gasteiger partial charge in [0.15, 0.2) is 0 Å². The van der Waals surface area contributed by atoms with Crippen molar-refractivity contribution in [1.82, 2.24) is 0 Å². The SMILES string of the molecule is CC(F)(C(F)(F)C(F)(F)CC1CO1)C(F)(F)C(F)(F)C(F)(F)C(F)(F)C(F)(F)C(F)(F)C(F)(F)F. The summed E-state index contributed by atoms with van der Waals surface area (Å²) in [6.45, 7) is -2.47. The fraction of sp³-hybridized carbons (Fsp3) is 1.00. The smallest absolute Gasteiger partial charge is 0.373 e. The van der Waals surface area contributed by atoms with Gasteiger partial charge in [0, 0.05) is 6.42 Å². The minimum absolute atomic E-state index is 0.798. The molecular weight excluding hydrogens is 564 g/mol. The Morgan fingerprint density at radius 3 is 1.06 bits per heavy atom. The lowest BCUT2D eigenvalue weighted by molar-refractivity contribution is -0.464. The normalized spacial score (nSPS) is 21.7. The van der Waals surface area contributed by atoms with Crippen LogP contribution in [0.1, 0.15) is 13.3 Å². The number of hydrogen-bond acceptors (Lipinski definition) is 1. The molecule has 1 heterocycles. The maximum Gasteiger partial charge on any atom is 0.460 e. The highest BCUT2D eigenvalue weighted by molar-refractivity contribution is 5.19. The monoisotopic (exact) mass is 572 g/mol. The van der Waals surface area contributed by atoms with E-state index in [-0.39, 0.29) is 0 Å². The first-order valence-corrected chi connectivity index (χ1v) is 8.22. The van der Waals surface area contributed by atoms with Gasteiger partial charge in [-0.2, -0.15) is 83.4 Å². The summed E-state index contributed by atoms with van der Waals surface area (Å²) >= 11 is 0. The van der Waals surface area contributed by atoms with Crippen LogP contribution in [0, 0.1) is 0 Å². The van der Waals surface area contributed by atoms with E-state index in [1.54, 1.807) is 0 Å². The van der Waals surface area contributed by atoms with Gasteiger partial charge in [-0.05, 0) is 6.92 Å². The molecule has 2 atom stereocenters. The van der Waals surface area contributed by atoms with Crippen molar-refractivity contribution in [2.75, 3.05) is 6.61 Å². The molecule has 0 amide bonds. The zero-order chi connectivity index (χ0) is 28.7. The lowest BCUT2D eigenvalue weighted by atomic mass is 9.79. The van der Waals surface area contributed by atoms with Crippen LogP contribution in [0.3, 0.4) is 0 Å². The van der Waals surface area contributed by atoms with Gasteiger partial charge in [-0.1, -0.05) is 0 Å². The molecule has 0 saturated carbocycles. The maximum atomic E-state index is 14.2. The van der Waals surface area contributed by atoms with Crippen molar-refractivity contribution < 1.29 is 92.5 Å². The third-order valence-corrected chi connectivity index (χ3v) is 4.85. The summed E-state index contributed by atoms with van der Waals surface area (Å²) in [4.78, 5) is 0. The van der Waals surface area contributed by atoms with Crippen molar-refractivity contribution >= 4 is 0 Å². The van der Waals surface area contributed by atoms with Crippen molar-refractivity contribution in [3.8, 4) is 0 Å². The molecule has 0 aromatic rings. The third kappa shape index (κ3) is 3.97. The summed E-state index contributed by atoms with van der Waals surface area (Å²) in [7, 11) is 0. The van der Waals surface area contributed by atoms with E-state index < -0.39 is 85.3 Å². The predicted molar refractivity (Wildman–Crippen MR) is 69.5 cm³/mol. The van der Waals surface area contributed by atoms with Crippen molar-refractivity contribution in [3.63, 3.8) is 0 Å². The fourth-order valence-electron chi connectivity index (χ4n) is 2.40. The zero-order valence-corrected chi connectivity index (χ0v) is 16.0. The van der Waals surface area contributed by atoms with Gasteiger partial charge in [-0.3, -0.25) is 0 Å². The number of ether oxygens (including phenoxy) is 1. The molecule has 21 heteroatoms. The van der Waals surface area contributed by atoms with Gasteiger partial charge in [-0.25, -0.2) is 4.39 Å². The Bertz CT molecular complexity index is 788. The summed E-state index contributed by atoms with van der Waals surface area (Å²) in [6.07, 6.45) is -12.3. The molecule has 1 aliphatic heterocycles. The predicted octanol–water partition coefficient (Wildman–Crippen LogP) is 7.15. The van der Waals surface area contributed by atoms with Crippen molar-refractivity contribution in [2.45, 2.75) is 78.7 Å². The molecule has 0 N–H and O–H groups in total. The molecular formula is C14H8F20O. The Kier molecular flexibility index (Phi) is 7.02. The highest BCUT2D eigenvalue weighted by atomic mass is 19.4. The summed E-state index contributed by atoms with van der Waals surface area (Å²) in [5.41, 5.74) is -7.05. The van der Waals surface area contributed by atoms with Gasteiger partial charge < -0.3 is 4.74 Å². The lowest BCUT2D eigenvalue weighted by Crippen LogP contribution is -2.77. The van der Waals surface area contributed by atoms with Crippen LogP contribution in [-0.4, -0.2) is 71.9 Å². The Balaban J connectivity index is 3.68. The van der Waals surface area contributed by atoms with E-state index in [0.29, 0.717) is 0 Å². The Hall–Kier alpha value is -1.44. The number of alkyl halides is 20. The topological polar surface area (TPSA) is 12.5 Å². The second kappa shape index (κ2) is 7.78. The largest absolute Gasteiger partial charge is 0.460 e. The average Bonchev–Trinajstić information content (AvgIpc) is 3.42. The number of hydrogen-bond donors (Lipinski definition) is 0.